The van der Waals surface area contributed by atoms with Crippen molar-refractivity contribution in [3.05, 3.63) is 29.8 Å². The molecule has 1 N–H and O–H groups in total. The minimum Gasteiger partial charge on any atom is -0.481 e. The Bertz CT molecular complexity index is 418. The quantitative estimate of drug-likeness (QED) is 0.843. The highest BCUT2D eigenvalue weighted by atomic mass is 19.1. The Labute approximate surface area is 105 Å². The van der Waals surface area contributed by atoms with Crippen LogP contribution in [0.4, 0.5) is 4.39 Å². The van der Waals surface area contributed by atoms with Crippen molar-refractivity contribution in [3.63, 3.8) is 0 Å². The molecule has 5 heteroatoms. The van der Waals surface area contributed by atoms with E-state index in [2.05, 4.69) is 9.88 Å². The molecule has 1 aromatic heterocycles. The first-order valence-electron chi connectivity index (χ1n) is 6.17. The van der Waals surface area contributed by atoms with Gasteiger partial charge in [0.2, 0.25) is 0 Å². The van der Waals surface area contributed by atoms with Crippen molar-refractivity contribution < 1.29 is 14.3 Å². The Morgan fingerprint density at radius 3 is 2.83 bits per heavy atom. The fraction of sp³-hybridized carbons (Fsp3) is 0.538. The van der Waals surface area contributed by atoms with E-state index in [4.69, 9.17) is 5.11 Å². The van der Waals surface area contributed by atoms with E-state index >= 15 is 0 Å². The summed E-state index contributed by atoms with van der Waals surface area (Å²) in [6.45, 7) is 2.50. The van der Waals surface area contributed by atoms with Gasteiger partial charge in [0.25, 0.3) is 0 Å². The number of nitrogens with zero attached hydrogens (tertiary/aromatic N) is 2. The van der Waals surface area contributed by atoms with Crippen LogP contribution >= 0.6 is 0 Å². The van der Waals surface area contributed by atoms with E-state index < -0.39 is 5.97 Å². The standard InChI is InChI=1S/C13H17FN2O2/c1-9(12-5-2-10(14)8-15-12)16(11-3-4-11)7-6-13(17)18/h2,5,8-9,11H,3-4,6-7H2,1H3,(H,17,18). The molecule has 18 heavy (non-hydrogen) atoms. The summed E-state index contributed by atoms with van der Waals surface area (Å²) in [5.74, 6) is -1.14. The molecule has 0 aliphatic heterocycles. The van der Waals surface area contributed by atoms with E-state index in [9.17, 15) is 9.18 Å². The summed E-state index contributed by atoms with van der Waals surface area (Å²) in [5, 5.41) is 8.76. The molecule has 1 atom stereocenters. The summed E-state index contributed by atoms with van der Waals surface area (Å²) in [7, 11) is 0. The third kappa shape index (κ3) is 3.26. The molecule has 0 saturated heterocycles. The molecule has 1 aliphatic rings. The van der Waals surface area contributed by atoms with Crippen molar-refractivity contribution in [3.8, 4) is 0 Å². The molecule has 2 rings (SSSR count). The number of carbonyl (C=O) groups is 1. The lowest BCUT2D eigenvalue weighted by atomic mass is 10.1. The zero-order valence-electron chi connectivity index (χ0n) is 10.3. The molecule has 1 fully saturated rings. The number of carboxylic acid groups (broad SMARTS) is 1. The molecule has 1 saturated carbocycles. The second kappa shape index (κ2) is 5.44. The van der Waals surface area contributed by atoms with Gasteiger partial charge in [0, 0.05) is 18.6 Å². The Hall–Kier alpha value is -1.49. The average molecular weight is 252 g/mol. The van der Waals surface area contributed by atoms with Crippen molar-refractivity contribution in [2.45, 2.75) is 38.3 Å². The Morgan fingerprint density at radius 2 is 2.33 bits per heavy atom. The highest BCUT2D eigenvalue weighted by Crippen LogP contribution is 2.33. The third-order valence-electron chi connectivity index (χ3n) is 3.28. The van der Waals surface area contributed by atoms with Crippen LogP contribution in [0.25, 0.3) is 0 Å². The van der Waals surface area contributed by atoms with Crippen LogP contribution < -0.4 is 0 Å². The van der Waals surface area contributed by atoms with Gasteiger partial charge in [-0.2, -0.15) is 0 Å². The van der Waals surface area contributed by atoms with Gasteiger partial charge in [-0.25, -0.2) is 4.39 Å². The summed E-state index contributed by atoms with van der Waals surface area (Å²) >= 11 is 0. The number of pyridine rings is 1. The highest BCUT2D eigenvalue weighted by Gasteiger charge is 2.33. The van der Waals surface area contributed by atoms with E-state index in [-0.39, 0.29) is 18.3 Å². The van der Waals surface area contributed by atoms with Crippen LogP contribution in [0.5, 0.6) is 0 Å². The predicted molar refractivity (Wildman–Crippen MR) is 64.6 cm³/mol. The molecule has 1 aromatic rings. The Morgan fingerprint density at radius 1 is 1.61 bits per heavy atom. The van der Waals surface area contributed by atoms with Crippen LogP contribution in [-0.4, -0.2) is 33.5 Å². The lowest BCUT2D eigenvalue weighted by molar-refractivity contribution is -0.137. The SMILES string of the molecule is CC(c1ccc(F)cn1)N(CCC(=O)O)C1CC1. The largest absolute Gasteiger partial charge is 0.481 e. The first-order chi connectivity index (χ1) is 8.58. The van der Waals surface area contributed by atoms with E-state index in [1.165, 1.54) is 12.3 Å². The minimum atomic E-state index is -0.792. The number of hydrogen-bond donors (Lipinski definition) is 1. The molecule has 4 nitrogen and oxygen atoms in total. The fourth-order valence-electron chi connectivity index (χ4n) is 2.13. The zero-order valence-corrected chi connectivity index (χ0v) is 10.3. The number of carboxylic acids is 1. The maximum Gasteiger partial charge on any atom is 0.304 e. The van der Waals surface area contributed by atoms with Crippen LogP contribution in [0.15, 0.2) is 18.3 Å². The molecule has 0 spiro atoms. The molecule has 0 bridgehead atoms. The summed E-state index contributed by atoms with van der Waals surface area (Å²) in [5.41, 5.74) is 0.786. The van der Waals surface area contributed by atoms with Gasteiger partial charge in [0.05, 0.1) is 18.3 Å². The normalized spacial score (nSPS) is 16.8. The summed E-state index contributed by atoms with van der Waals surface area (Å²) in [6.07, 6.45) is 3.53. The van der Waals surface area contributed by atoms with Gasteiger partial charge in [0.15, 0.2) is 0 Å². The molecule has 1 unspecified atom stereocenters. The second-order valence-corrected chi connectivity index (χ2v) is 4.69. The van der Waals surface area contributed by atoms with E-state index in [1.54, 1.807) is 6.07 Å². The molecule has 0 amide bonds. The molecule has 1 heterocycles. The minimum absolute atomic E-state index is 0.0254. The van der Waals surface area contributed by atoms with Crippen molar-refractivity contribution in [2.75, 3.05) is 6.54 Å². The van der Waals surface area contributed by atoms with Gasteiger partial charge in [0.1, 0.15) is 5.82 Å². The third-order valence-corrected chi connectivity index (χ3v) is 3.28. The van der Waals surface area contributed by atoms with Crippen LogP contribution in [0.2, 0.25) is 0 Å². The summed E-state index contributed by atoms with van der Waals surface area (Å²) in [4.78, 5) is 16.9. The van der Waals surface area contributed by atoms with Gasteiger partial charge in [-0.1, -0.05) is 0 Å². The fourth-order valence-corrected chi connectivity index (χ4v) is 2.13. The molecule has 0 aromatic carbocycles. The van der Waals surface area contributed by atoms with Crippen LogP contribution in [0.1, 0.15) is 37.9 Å². The number of hydrogen-bond acceptors (Lipinski definition) is 3. The van der Waals surface area contributed by atoms with Gasteiger partial charge < -0.3 is 5.11 Å². The van der Waals surface area contributed by atoms with Crippen LogP contribution in [-0.2, 0) is 4.79 Å². The number of aliphatic carboxylic acids is 1. The second-order valence-electron chi connectivity index (χ2n) is 4.69. The van der Waals surface area contributed by atoms with E-state index in [0.29, 0.717) is 12.6 Å². The highest BCUT2D eigenvalue weighted by molar-refractivity contribution is 5.66. The molecule has 1 aliphatic carbocycles. The van der Waals surface area contributed by atoms with Crippen LogP contribution in [0, 0.1) is 5.82 Å². The average Bonchev–Trinajstić information content (AvgIpc) is 3.14. The van der Waals surface area contributed by atoms with Gasteiger partial charge in [-0.15, -0.1) is 0 Å². The summed E-state index contributed by atoms with van der Waals surface area (Å²) in [6, 6.07) is 3.53. The Balaban J connectivity index is 2.05. The van der Waals surface area contributed by atoms with Crippen molar-refractivity contribution in [2.24, 2.45) is 0 Å². The zero-order chi connectivity index (χ0) is 13.1. The first-order valence-corrected chi connectivity index (χ1v) is 6.17. The van der Waals surface area contributed by atoms with E-state index in [1.807, 2.05) is 6.92 Å². The van der Waals surface area contributed by atoms with Crippen molar-refractivity contribution in [1.82, 2.24) is 9.88 Å². The van der Waals surface area contributed by atoms with Gasteiger partial charge in [-0.05, 0) is 31.9 Å². The smallest absolute Gasteiger partial charge is 0.304 e. The predicted octanol–water partition coefficient (Wildman–Crippen LogP) is 2.22. The lowest BCUT2D eigenvalue weighted by Gasteiger charge is -2.28. The first kappa shape index (κ1) is 13.0. The number of halogens is 1. The van der Waals surface area contributed by atoms with Gasteiger partial charge in [-0.3, -0.25) is 14.7 Å². The van der Waals surface area contributed by atoms with Gasteiger partial charge >= 0.3 is 5.97 Å². The topological polar surface area (TPSA) is 53.4 Å². The monoisotopic (exact) mass is 252 g/mol. The maximum atomic E-state index is 12.8. The maximum absolute atomic E-state index is 12.8. The van der Waals surface area contributed by atoms with E-state index in [0.717, 1.165) is 18.5 Å². The summed E-state index contributed by atoms with van der Waals surface area (Å²) < 4.78 is 12.8. The van der Waals surface area contributed by atoms with Crippen molar-refractivity contribution in [1.29, 1.82) is 0 Å². The molecular formula is C13H17FN2O2. The molecule has 0 radical (unpaired) electrons. The lowest BCUT2D eigenvalue weighted by Crippen LogP contribution is -2.32. The number of aromatic nitrogens is 1. The van der Waals surface area contributed by atoms with Crippen LogP contribution in [0.3, 0.4) is 0 Å². The molecule has 98 valence electrons. The Kier molecular flexibility index (Phi) is 3.91. The number of rotatable bonds is 6. The van der Waals surface area contributed by atoms with Crippen molar-refractivity contribution >= 4 is 5.97 Å². The molecular weight excluding hydrogens is 235 g/mol.